The second-order valence-corrected chi connectivity index (χ2v) is 4.30. The maximum absolute atomic E-state index is 5.59. The van der Waals surface area contributed by atoms with E-state index in [0.29, 0.717) is 6.04 Å². The smallest absolute Gasteiger partial charge is 0.157 e. The number of hydrogen-bond donors (Lipinski definition) is 1. The molecule has 5 heteroatoms. The summed E-state index contributed by atoms with van der Waals surface area (Å²) in [5, 5.41) is 7.71. The van der Waals surface area contributed by atoms with Gasteiger partial charge in [0.25, 0.3) is 0 Å². The third-order valence-corrected chi connectivity index (χ3v) is 2.63. The van der Waals surface area contributed by atoms with E-state index in [2.05, 4.69) is 10.4 Å². The van der Waals surface area contributed by atoms with Crippen LogP contribution in [0.5, 0.6) is 5.75 Å². The zero-order valence-electron chi connectivity index (χ0n) is 9.85. The summed E-state index contributed by atoms with van der Waals surface area (Å²) >= 11 is 0. The molecule has 0 aliphatic carbocycles. The van der Waals surface area contributed by atoms with E-state index < -0.39 is 0 Å². The van der Waals surface area contributed by atoms with Gasteiger partial charge in [-0.05, 0) is 39.8 Å². The Morgan fingerprint density at radius 2 is 2.12 bits per heavy atom. The molecular formula is C11H20ClN3O. The van der Waals surface area contributed by atoms with Crippen molar-refractivity contribution in [2.75, 3.05) is 13.1 Å². The van der Waals surface area contributed by atoms with Gasteiger partial charge in [0.1, 0.15) is 0 Å². The van der Waals surface area contributed by atoms with Crippen molar-refractivity contribution in [1.29, 1.82) is 0 Å². The highest BCUT2D eigenvalue weighted by molar-refractivity contribution is 5.85. The van der Waals surface area contributed by atoms with Gasteiger partial charge >= 0.3 is 0 Å². The molecule has 4 nitrogen and oxygen atoms in total. The second-order valence-electron chi connectivity index (χ2n) is 4.30. The Morgan fingerprint density at radius 3 is 2.75 bits per heavy atom. The highest BCUT2D eigenvalue weighted by atomic mass is 35.5. The van der Waals surface area contributed by atoms with Gasteiger partial charge in [-0.15, -0.1) is 12.4 Å². The van der Waals surface area contributed by atoms with Crippen molar-refractivity contribution in [3.05, 3.63) is 12.4 Å². The molecule has 0 aromatic carbocycles. The van der Waals surface area contributed by atoms with Gasteiger partial charge in [-0.2, -0.15) is 5.10 Å². The van der Waals surface area contributed by atoms with Crippen LogP contribution in [0, 0.1) is 0 Å². The lowest BCUT2D eigenvalue weighted by Crippen LogP contribution is -2.29. The molecule has 1 aromatic rings. The fourth-order valence-electron chi connectivity index (χ4n) is 1.92. The highest BCUT2D eigenvalue weighted by Crippen LogP contribution is 2.20. The summed E-state index contributed by atoms with van der Waals surface area (Å²) in [6.07, 6.45) is 6.35. The minimum atomic E-state index is 0. The third-order valence-electron chi connectivity index (χ3n) is 2.63. The van der Waals surface area contributed by atoms with Crippen LogP contribution in [0.25, 0.3) is 0 Å². The van der Waals surface area contributed by atoms with Crippen LogP contribution in [0.2, 0.25) is 0 Å². The monoisotopic (exact) mass is 245 g/mol. The van der Waals surface area contributed by atoms with Crippen molar-refractivity contribution in [2.24, 2.45) is 0 Å². The van der Waals surface area contributed by atoms with E-state index >= 15 is 0 Å². The maximum atomic E-state index is 5.59. The average Bonchev–Trinajstić information content (AvgIpc) is 2.67. The van der Waals surface area contributed by atoms with Gasteiger partial charge in [-0.25, -0.2) is 0 Å². The van der Waals surface area contributed by atoms with Crippen molar-refractivity contribution >= 4 is 12.4 Å². The molecule has 16 heavy (non-hydrogen) atoms. The predicted octanol–water partition coefficient (Wildman–Crippen LogP) is 2.02. The molecule has 2 rings (SSSR count). The first-order valence-corrected chi connectivity index (χ1v) is 5.67. The SMILES string of the molecule is CC(C)Oc1cnn(C2CCNCC2)c1.Cl. The first kappa shape index (κ1) is 13.3. The predicted molar refractivity (Wildman–Crippen MR) is 66.4 cm³/mol. The molecular weight excluding hydrogens is 226 g/mol. The molecule has 1 aromatic heterocycles. The Bertz CT molecular complexity index is 308. The summed E-state index contributed by atoms with van der Waals surface area (Å²) in [5.41, 5.74) is 0. The van der Waals surface area contributed by atoms with Gasteiger partial charge in [0.05, 0.1) is 24.5 Å². The van der Waals surface area contributed by atoms with Gasteiger partial charge in [-0.1, -0.05) is 0 Å². The Morgan fingerprint density at radius 1 is 1.44 bits per heavy atom. The lowest BCUT2D eigenvalue weighted by molar-refractivity contribution is 0.241. The zero-order valence-corrected chi connectivity index (χ0v) is 10.7. The molecule has 92 valence electrons. The average molecular weight is 246 g/mol. The fourth-order valence-corrected chi connectivity index (χ4v) is 1.92. The normalized spacial score (nSPS) is 17.2. The van der Waals surface area contributed by atoms with E-state index in [9.17, 15) is 0 Å². The molecule has 1 fully saturated rings. The van der Waals surface area contributed by atoms with Crippen molar-refractivity contribution in [1.82, 2.24) is 15.1 Å². The van der Waals surface area contributed by atoms with E-state index in [-0.39, 0.29) is 18.5 Å². The van der Waals surface area contributed by atoms with Crippen LogP contribution >= 0.6 is 12.4 Å². The molecule has 1 aliphatic heterocycles. The Balaban J connectivity index is 0.00000128. The van der Waals surface area contributed by atoms with E-state index in [4.69, 9.17) is 4.74 Å². The number of nitrogens with zero attached hydrogens (tertiary/aromatic N) is 2. The van der Waals surface area contributed by atoms with E-state index in [0.717, 1.165) is 31.7 Å². The maximum Gasteiger partial charge on any atom is 0.157 e. The number of halogens is 1. The summed E-state index contributed by atoms with van der Waals surface area (Å²) in [4.78, 5) is 0. The molecule has 1 saturated heterocycles. The standard InChI is InChI=1S/C11H19N3O.ClH/c1-9(2)15-11-7-13-14(8-11)10-3-5-12-6-4-10;/h7-10,12H,3-6H2,1-2H3;1H. The number of rotatable bonds is 3. The lowest BCUT2D eigenvalue weighted by atomic mass is 10.1. The summed E-state index contributed by atoms with van der Waals surface area (Å²) < 4.78 is 7.63. The number of ether oxygens (including phenoxy) is 1. The molecule has 0 spiro atoms. The van der Waals surface area contributed by atoms with Crippen LogP contribution in [0.15, 0.2) is 12.4 Å². The number of nitrogens with one attached hydrogen (secondary N) is 1. The fraction of sp³-hybridized carbons (Fsp3) is 0.727. The third kappa shape index (κ3) is 3.39. The number of aromatic nitrogens is 2. The molecule has 2 heterocycles. The Labute approximate surface area is 103 Å². The summed E-state index contributed by atoms with van der Waals surface area (Å²) in [6.45, 7) is 6.24. The Hall–Kier alpha value is -0.740. The topological polar surface area (TPSA) is 39.1 Å². The van der Waals surface area contributed by atoms with Crippen molar-refractivity contribution in [3.8, 4) is 5.75 Å². The van der Waals surface area contributed by atoms with Crippen LogP contribution in [0.1, 0.15) is 32.7 Å². The highest BCUT2D eigenvalue weighted by Gasteiger charge is 2.15. The molecule has 0 saturated carbocycles. The second kappa shape index (κ2) is 6.11. The lowest BCUT2D eigenvalue weighted by Gasteiger charge is -2.22. The van der Waals surface area contributed by atoms with Crippen molar-refractivity contribution in [3.63, 3.8) is 0 Å². The van der Waals surface area contributed by atoms with E-state index in [1.165, 1.54) is 0 Å². The summed E-state index contributed by atoms with van der Waals surface area (Å²) in [7, 11) is 0. The largest absolute Gasteiger partial charge is 0.488 e. The molecule has 0 amide bonds. The van der Waals surface area contributed by atoms with Gasteiger partial charge in [-0.3, -0.25) is 4.68 Å². The van der Waals surface area contributed by atoms with Crippen LogP contribution in [-0.4, -0.2) is 29.0 Å². The van der Waals surface area contributed by atoms with Gasteiger partial charge in [0, 0.05) is 0 Å². The zero-order chi connectivity index (χ0) is 10.7. The minimum Gasteiger partial charge on any atom is -0.488 e. The summed E-state index contributed by atoms with van der Waals surface area (Å²) in [5.74, 6) is 0.878. The first-order valence-electron chi connectivity index (χ1n) is 5.67. The first-order chi connectivity index (χ1) is 7.25. The Kier molecular flexibility index (Phi) is 5.09. The molecule has 1 N–H and O–H groups in total. The van der Waals surface area contributed by atoms with Gasteiger partial charge in [0.15, 0.2) is 5.75 Å². The number of piperidine rings is 1. The molecule has 0 atom stereocenters. The molecule has 0 unspecified atom stereocenters. The van der Waals surface area contributed by atoms with E-state index in [1.807, 2.05) is 30.9 Å². The van der Waals surface area contributed by atoms with Crippen LogP contribution in [0.3, 0.4) is 0 Å². The van der Waals surface area contributed by atoms with E-state index in [1.54, 1.807) is 0 Å². The molecule has 0 radical (unpaired) electrons. The van der Waals surface area contributed by atoms with Crippen LogP contribution < -0.4 is 10.1 Å². The number of hydrogen-bond acceptors (Lipinski definition) is 3. The van der Waals surface area contributed by atoms with Crippen LogP contribution in [-0.2, 0) is 0 Å². The van der Waals surface area contributed by atoms with Gasteiger partial charge < -0.3 is 10.1 Å². The van der Waals surface area contributed by atoms with Gasteiger partial charge in [0.2, 0.25) is 0 Å². The summed E-state index contributed by atoms with van der Waals surface area (Å²) in [6, 6.07) is 0.538. The molecule has 0 bridgehead atoms. The molecule has 1 aliphatic rings. The minimum absolute atomic E-state index is 0. The van der Waals surface area contributed by atoms with Crippen LogP contribution in [0.4, 0.5) is 0 Å². The quantitative estimate of drug-likeness (QED) is 0.886. The van der Waals surface area contributed by atoms with Crippen molar-refractivity contribution < 1.29 is 4.74 Å². The van der Waals surface area contributed by atoms with Crippen molar-refractivity contribution in [2.45, 2.75) is 38.8 Å².